The highest BCUT2D eigenvalue weighted by molar-refractivity contribution is 5.90. The number of hydrogen-bond acceptors (Lipinski definition) is 4. The van der Waals surface area contributed by atoms with Gasteiger partial charge in [0, 0.05) is 18.5 Å². The van der Waals surface area contributed by atoms with E-state index in [1.54, 1.807) is 13.8 Å². The predicted octanol–water partition coefficient (Wildman–Crippen LogP) is 2.99. The van der Waals surface area contributed by atoms with E-state index in [0.717, 1.165) is 16.9 Å². The van der Waals surface area contributed by atoms with Gasteiger partial charge >= 0.3 is 6.09 Å². The Morgan fingerprint density at radius 3 is 2.68 bits per heavy atom. The lowest BCUT2D eigenvalue weighted by atomic mass is 9.92. The summed E-state index contributed by atoms with van der Waals surface area (Å²) in [7, 11) is 0. The van der Waals surface area contributed by atoms with E-state index in [2.05, 4.69) is 5.32 Å². The van der Waals surface area contributed by atoms with E-state index >= 15 is 0 Å². The highest BCUT2D eigenvalue weighted by atomic mass is 16.6. The smallest absolute Gasteiger partial charge is 0.407 e. The van der Waals surface area contributed by atoms with E-state index in [1.165, 1.54) is 0 Å². The largest absolute Gasteiger partial charge is 0.480 e. The monoisotopic (exact) mass is 305 g/mol. The van der Waals surface area contributed by atoms with Crippen LogP contribution >= 0.6 is 0 Å². The number of amides is 1. The number of nitrogens with one attached hydrogen (secondary N) is 1. The van der Waals surface area contributed by atoms with Gasteiger partial charge in [0.1, 0.15) is 11.4 Å². The van der Waals surface area contributed by atoms with Crippen molar-refractivity contribution < 1.29 is 19.1 Å². The molecule has 5 heteroatoms. The van der Waals surface area contributed by atoms with Gasteiger partial charge in [-0.3, -0.25) is 4.79 Å². The van der Waals surface area contributed by atoms with E-state index in [4.69, 9.17) is 9.47 Å². The molecule has 1 aromatic rings. The molecular formula is C17H23NO4. The maximum atomic E-state index is 12.0. The van der Waals surface area contributed by atoms with Crippen molar-refractivity contribution in [3.63, 3.8) is 0 Å². The molecule has 0 aliphatic carbocycles. The molecule has 5 nitrogen and oxygen atoms in total. The number of carbonyl (C=O) groups is 2. The number of ketones is 1. The zero-order chi connectivity index (χ0) is 16.5. The van der Waals surface area contributed by atoms with Crippen molar-refractivity contribution in [2.75, 3.05) is 0 Å². The van der Waals surface area contributed by atoms with E-state index in [-0.39, 0.29) is 5.78 Å². The molecule has 0 atom stereocenters. The number of Topliss-reactive ketones (excluding diaryl/α,β-unsaturated/α-hetero) is 1. The quantitative estimate of drug-likeness (QED) is 0.912. The number of alkyl carbamates (subject to hydrolysis) is 1. The minimum Gasteiger partial charge on any atom is -0.480 e. The Balaban J connectivity index is 2.02. The Kier molecular flexibility index (Phi) is 4.18. The molecule has 1 aliphatic rings. The van der Waals surface area contributed by atoms with Gasteiger partial charge < -0.3 is 14.8 Å². The van der Waals surface area contributed by atoms with E-state index in [0.29, 0.717) is 13.0 Å². The van der Waals surface area contributed by atoms with Gasteiger partial charge in [0.25, 0.3) is 0 Å². The summed E-state index contributed by atoms with van der Waals surface area (Å²) >= 11 is 0. The van der Waals surface area contributed by atoms with Gasteiger partial charge in [-0.2, -0.15) is 0 Å². The van der Waals surface area contributed by atoms with Crippen LogP contribution in [0.15, 0.2) is 18.2 Å². The number of hydrogen-bond donors (Lipinski definition) is 1. The number of benzene rings is 1. The molecule has 1 heterocycles. The SMILES string of the molecule is CC(C)(C)OC(=O)NCc1ccc2c(c1)CC(=O)C(C)(C)O2. The molecule has 1 N–H and O–H groups in total. The highest BCUT2D eigenvalue weighted by Gasteiger charge is 2.35. The first-order chi connectivity index (χ1) is 10.1. The minimum absolute atomic E-state index is 0.0530. The summed E-state index contributed by atoms with van der Waals surface area (Å²) in [6, 6.07) is 5.61. The summed E-state index contributed by atoms with van der Waals surface area (Å²) in [5.41, 5.74) is 0.461. The van der Waals surface area contributed by atoms with Crippen molar-refractivity contribution in [2.24, 2.45) is 0 Å². The molecule has 22 heavy (non-hydrogen) atoms. The van der Waals surface area contributed by atoms with E-state index < -0.39 is 17.3 Å². The van der Waals surface area contributed by atoms with Crippen molar-refractivity contribution in [1.29, 1.82) is 0 Å². The van der Waals surface area contributed by atoms with Gasteiger partial charge in [-0.05, 0) is 52.3 Å². The molecule has 2 rings (SSSR count). The topological polar surface area (TPSA) is 64.6 Å². The number of rotatable bonds is 2. The summed E-state index contributed by atoms with van der Waals surface area (Å²) in [5, 5.41) is 2.70. The molecule has 1 amide bonds. The van der Waals surface area contributed by atoms with Crippen LogP contribution in [0.4, 0.5) is 4.79 Å². The lowest BCUT2D eigenvalue weighted by Gasteiger charge is -2.31. The first kappa shape index (κ1) is 16.3. The van der Waals surface area contributed by atoms with Crippen LogP contribution in [0.1, 0.15) is 45.7 Å². The van der Waals surface area contributed by atoms with Gasteiger partial charge in [0.05, 0.1) is 0 Å². The van der Waals surface area contributed by atoms with Gasteiger partial charge in [-0.15, -0.1) is 0 Å². The van der Waals surface area contributed by atoms with Crippen molar-refractivity contribution in [1.82, 2.24) is 5.32 Å². The molecule has 0 bridgehead atoms. The van der Waals surface area contributed by atoms with Crippen LogP contribution < -0.4 is 10.1 Å². The summed E-state index contributed by atoms with van der Waals surface area (Å²) in [6.07, 6.45) is -0.110. The van der Waals surface area contributed by atoms with Crippen LogP contribution in [0.2, 0.25) is 0 Å². The Labute approximate surface area is 131 Å². The van der Waals surface area contributed by atoms with Crippen molar-refractivity contribution >= 4 is 11.9 Å². The fraction of sp³-hybridized carbons (Fsp3) is 0.529. The second-order valence-corrected chi connectivity index (χ2v) is 7.01. The Morgan fingerprint density at radius 2 is 2.05 bits per heavy atom. The predicted molar refractivity (Wildman–Crippen MR) is 82.9 cm³/mol. The third kappa shape index (κ3) is 4.00. The van der Waals surface area contributed by atoms with Crippen LogP contribution in [-0.4, -0.2) is 23.1 Å². The third-order valence-corrected chi connectivity index (χ3v) is 3.35. The molecule has 0 saturated carbocycles. The van der Waals surface area contributed by atoms with Crippen LogP contribution in [0.25, 0.3) is 0 Å². The van der Waals surface area contributed by atoms with Crippen molar-refractivity contribution in [3.05, 3.63) is 29.3 Å². The van der Waals surface area contributed by atoms with Crippen molar-refractivity contribution in [3.8, 4) is 5.75 Å². The maximum Gasteiger partial charge on any atom is 0.407 e. The molecule has 1 aromatic carbocycles. The standard InChI is InChI=1S/C17H23NO4/c1-16(2,3)22-15(20)18-10-11-6-7-13-12(8-11)9-14(19)17(4,5)21-13/h6-8H,9-10H2,1-5H3,(H,18,20). The van der Waals surface area contributed by atoms with Gasteiger partial charge in [0.2, 0.25) is 0 Å². The van der Waals surface area contributed by atoms with E-state index in [1.807, 2.05) is 39.0 Å². The number of fused-ring (bicyclic) bond motifs is 1. The summed E-state index contributed by atoms with van der Waals surface area (Å²) in [5.74, 6) is 0.780. The Morgan fingerprint density at radius 1 is 1.36 bits per heavy atom. The Hall–Kier alpha value is -2.04. The minimum atomic E-state index is -0.775. The first-order valence-electron chi connectivity index (χ1n) is 7.38. The molecule has 0 spiro atoms. The van der Waals surface area contributed by atoms with Crippen LogP contribution in [0.3, 0.4) is 0 Å². The van der Waals surface area contributed by atoms with E-state index in [9.17, 15) is 9.59 Å². The second kappa shape index (κ2) is 5.63. The zero-order valence-corrected chi connectivity index (χ0v) is 13.8. The highest BCUT2D eigenvalue weighted by Crippen LogP contribution is 2.31. The average Bonchev–Trinajstić information content (AvgIpc) is 2.35. The fourth-order valence-electron chi connectivity index (χ4n) is 2.19. The Bertz CT molecular complexity index is 599. The average molecular weight is 305 g/mol. The molecule has 0 unspecified atom stereocenters. The number of ether oxygens (including phenoxy) is 2. The summed E-state index contributed by atoms with van der Waals surface area (Å²) < 4.78 is 10.9. The lowest BCUT2D eigenvalue weighted by Crippen LogP contribution is -2.42. The zero-order valence-electron chi connectivity index (χ0n) is 13.8. The molecule has 1 aliphatic heterocycles. The van der Waals surface area contributed by atoms with Crippen LogP contribution in [0.5, 0.6) is 5.75 Å². The first-order valence-corrected chi connectivity index (χ1v) is 7.38. The van der Waals surface area contributed by atoms with Gasteiger partial charge in [-0.25, -0.2) is 4.79 Å². The van der Waals surface area contributed by atoms with Crippen LogP contribution in [0, 0.1) is 0 Å². The maximum absolute atomic E-state index is 12.0. The molecular weight excluding hydrogens is 282 g/mol. The molecule has 0 fully saturated rings. The molecule has 0 aromatic heterocycles. The third-order valence-electron chi connectivity index (χ3n) is 3.35. The lowest BCUT2D eigenvalue weighted by molar-refractivity contribution is -0.132. The molecule has 120 valence electrons. The van der Waals surface area contributed by atoms with Gasteiger partial charge in [0.15, 0.2) is 11.4 Å². The second-order valence-electron chi connectivity index (χ2n) is 7.01. The van der Waals surface area contributed by atoms with Crippen molar-refractivity contribution in [2.45, 2.75) is 58.8 Å². The van der Waals surface area contributed by atoms with Crippen LogP contribution in [-0.2, 0) is 22.5 Å². The fourth-order valence-corrected chi connectivity index (χ4v) is 2.19. The van der Waals surface area contributed by atoms with Gasteiger partial charge in [-0.1, -0.05) is 6.07 Å². The normalized spacial score (nSPS) is 16.5. The molecule has 0 saturated heterocycles. The molecule has 0 radical (unpaired) electrons. The summed E-state index contributed by atoms with van der Waals surface area (Å²) in [4.78, 5) is 23.6. The summed E-state index contributed by atoms with van der Waals surface area (Å²) in [6.45, 7) is 9.34. The number of carbonyl (C=O) groups excluding carboxylic acids is 2.